The minimum absolute atomic E-state index is 0.0277. The van der Waals surface area contributed by atoms with Gasteiger partial charge in [0.15, 0.2) is 5.82 Å². The molecule has 3 N–H and O–H groups in total. The van der Waals surface area contributed by atoms with E-state index in [1.807, 2.05) is 0 Å². The molecule has 6 heteroatoms. The van der Waals surface area contributed by atoms with Crippen LogP contribution in [-0.4, -0.2) is 21.4 Å². The first kappa shape index (κ1) is 7.52. The fourth-order valence-corrected chi connectivity index (χ4v) is 0.620. The predicted octanol–water partition coefficient (Wildman–Crippen LogP) is -0.160. The molecule has 0 bridgehead atoms. The maximum absolute atomic E-state index is 10.4. The maximum Gasteiger partial charge on any atom is 0.312 e. The summed E-state index contributed by atoms with van der Waals surface area (Å²) in [5.41, 5.74) is 5.41. The second-order valence-electron chi connectivity index (χ2n) is 2.09. The Morgan fingerprint density at radius 1 is 1.73 bits per heavy atom. The number of nitrogen functional groups attached to an aromatic ring is 1. The van der Waals surface area contributed by atoms with Gasteiger partial charge in [-0.2, -0.15) is 0 Å². The molecular weight excluding hydrogens is 150 g/mol. The second-order valence-corrected chi connectivity index (χ2v) is 2.09. The molecule has 0 saturated heterocycles. The van der Waals surface area contributed by atoms with Gasteiger partial charge in [0.25, 0.3) is 0 Å². The molecule has 11 heavy (non-hydrogen) atoms. The topological polar surface area (TPSA) is 102 Å². The smallest absolute Gasteiger partial charge is 0.312 e. The summed E-state index contributed by atoms with van der Waals surface area (Å²) >= 11 is 0. The lowest BCUT2D eigenvalue weighted by atomic mass is 10.1. The molecule has 0 amide bonds. The largest absolute Gasteiger partial charge is 0.481 e. The lowest BCUT2D eigenvalue weighted by molar-refractivity contribution is -0.138. The molecule has 6 nitrogen and oxygen atoms in total. The number of hydrogen-bond donors (Lipinski definition) is 2. The zero-order chi connectivity index (χ0) is 8.43. The van der Waals surface area contributed by atoms with Crippen molar-refractivity contribution < 1.29 is 14.5 Å². The van der Waals surface area contributed by atoms with E-state index >= 15 is 0 Å². The third-order valence-corrected chi connectivity index (χ3v) is 1.32. The van der Waals surface area contributed by atoms with Crippen LogP contribution in [0.2, 0.25) is 0 Å². The Bertz CT molecular complexity index is 270. The van der Waals surface area contributed by atoms with Crippen molar-refractivity contribution >= 4 is 11.8 Å². The van der Waals surface area contributed by atoms with E-state index in [4.69, 9.17) is 10.8 Å². The van der Waals surface area contributed by atoms with Crippen molar-refractivity contribution in [3.05, 3.63) is 5.69 Å². The van der Waals surface area contributed by atoms with Gasteiger partial charge in [0.2, 0.25) is 0 Å². The zero-order valence-electron chi connectivity index (χ0n) is 5.81. The Kier molecular flexibility index (Phi) is 1.75. The van der Waals surface area contributed by atoms with Crippen LogP contribution in [0.25, 0.3) is 0 Å². The highest BCUT2D eigenvalue weighted by molar-refractivity contribution is 5.76. The standard InChI is InChI=1S/C5H7N3O3/c1-2(5(9)10)3-4(6)8-11-7-3/h2H,1H3,(H2,6,8)(H,9,10). The summed E-state index contributed by atoms with van der Waals surface area (Å²) in [7, 11) is 0. The SMILES string of the molecule is CC(C(=O)O)c1nonc1N. The molecule has 1 unspecified atom stereocenters. The Hall–Kier alpha value is -1.59. The number of aliphatic carboxylic acids is 1. The van der Waals surface area contributed by atoms with Gasteiger partial charge in [-0.15, -0.1) is 0 Å². The van der Waals surface area contributed by atoms with E-state index in [2.05, 4.69) is 14.9 Å². The Morgan fingerprint density at radius 2 is 2.36 bits per heavy atom. The van der Waals surface area contributed by atoms with E-state index in [-0.39, 0.29) is 11.5 Å². The number of anilines is 1. The lowest BCUT2D eigenvalue weighted by Gasteiger charge is -1.98. The van der Waals surface area contributed by atoms with Crippen LogP contribution in [0.4, 0.5) is 5.82 Å². The molecule has 0 radical (unpaired) electrons. The number of aromatic nitrogens is 2. The Morgan fingerprint density at radius 3 is 2.73 bits per heavy atom. The molecule has 1 aromatic heterocycles. The number of carboxylic acids is 1. The van der Waals surface area contributed by atoms with Gasteiger partial charge < -0.3 is 10.8 Å². The summed E-state index contributed by atoms with van der Waals surface area (Å²) < 4.78 is 4.23. The molecule has 0 aliphatic heterocycles. The van der Waals surface area contributed by atoms with Gasteiger partial charge in [0.05, 0.1) is 0 Å². The van der Waals surface area contributed by atoms with Crippen molar-refractivity contribution in [3.63, 3.8) is 0 Å². The summed E-state index contributed by atoms with van der Waals surface area (Å²) in [6.07, 6.45) is 0. The van der Waals surface area contributed by atoms with Gasteiger partial charge in [-0.05, 0) is 12.1 Å². The molecule has 1 atom stereocenters. The normalized spacial score (nSPS) is 12.8. The number of carbonyl (C=O) groups is 1. The van der Waals surface area contributed by atoms with E-state index in [1.54, 1.807) is 0 Å². The minimum Gasteiger partial charge on any atom is -0.481 e. The van der Waals surface area contributed by atoms with E-state index in [1.165, 1.54) is 6.92 Å². The van der Waals surface area contributed by atoms with Crippen LogP contribution in [0.5, 0.6) is 0 Å². The van der Waals surface area contributed by atoms with Gasteiger partial charge in [-0.1, -0.05) is 5.16 Å². The highest BCUT2D eigenvalue weighted by atomic mass is 16.6. The number of rotatable bonds is 2. The van der Waals surface area contributed by atoms with E-state index in [0.29, 0.717) is 0 Å². The molecule has 0 spiro atoms. The van der Waals surface area contributed by atoms with Crippen LogP contribution in [-0.2, 0) is 4.79 Å². The van der Waals surface area contributed by atoms with Crippen molar-refractivity contribution in [3.8, 4) is 0 Å². The van der Waals surface area contributed by atoms with Gasteiger partial charge in [-0.25, -0.2) is 4.63 Å². The summed E-state index contributed by atoms with van der Waals surface area (Å²) in [4.78, 5) is 10.4. The zero-order valence-corrected chi connectivity index (χ0v) is 5.81. The van der Waals surface area contributed by atoms with E-state index in [0.717, 1.165) is 0 Å². The minimum atomic E-state index is -1.01. The van der Waals surface area contributed by atoms with Crippen LogP contribution in [0, 0.1) is 0 Å². The van der Waals surface area contributed by atoms with Gasteiger partial charge >= 0.3 is 5.97 Å². The average Bonchev–Trinajstić information content (AvgIpc) is 2.33. The van der Waals surface area contributed by atoms with Crippen molar-refractivity contribution in [2.75, 3.05) is 5.73 Å². The first-order valence-electron chi connectivity index (χ1n) is 2.93. The van der Waals surface area contributed by atoms with E-state index in [9.17, 15) is 4.79 Å². The van der Waals surface area contributed by atoms with Gasteiger partial charge in [0, 0.05) is 0 Å². The van der Waals surface area contributed by atoms with E-state index < -0.39 is 11.9 Å². The van der Waals surface area contributed by atoms with Crippen LogP contribution < -0.4 is 5.73 Å². The number of carboxylic acid groups (broad SMARTS) is 1. The highest BCUT2D eigenvalue weighted by Gasteiger charge is 2.20. The molecule has 0 aliphatic rings. The molecule has 60 valence electrons. The molecule has 1 heterocycles. The molecule has 0 fully saturated rings. The van der Waals surface area contributed by atoms with Crippen LogP contribution in [0.1, 0.15) is 18.5 Å². The Labute approximate surface area is 62.0 Å². The lowest BCUT2D eigenvalue weighted by Crippen LogP contribution is -2.09. The van der Waals surface area contributed by atoms with Crippen molar-refractivity contribution in [2.45, 2.75) is 12.8 Å². The quantitative estimate of drug-likeness (QED) is 0.618. The highest BCUT2D eigenvalue weighted by Crippen LogP contribution is 2.17. The summed E-state index contributed by atoms with van der Waals surface area (Å²) in [5, 5.41) is 15.1. The molecule has 0 saturated carbocycles. The fraction of sp³-hybridized carbons (Fsp3) is 0.400. The first-order chi connectivity index (χ1) is 5.13. The van der Waals surface area contributed by atoms with Crippen molar-refractivity contribution in [2.24, 2.45) is 0 Å². The number of nitrogens with two attached hydrogens (primary N) is 1. The van der Waals surface area contributed by atoms with Crippen LogP contribution >= 0.6 is 0 Å². The van der Waals surface area contributed by atoms with Crippen molar-refractivity contribution in [1.29, 1.82) is 0 Å². The van der Waals surface area contributed by atoms with Crippen molar-refractivity contribution in [1.82, 2.24) is 10.3 Å². The molecular formula is C5H7N3O3. The molecule has 0 aromatic carbocycles. The second kappa shape index (κ2) is 2.57. The maximum atomic E-state index is 10.4. The Balaban J connectivity index is 2.92. The summed E-state index contributed by atoms with van der Waals surface area (Å²) in [5.74, 6) is -1.76. The third-order valence-electron chi connectivity index (χ3n) is 1.32. The number of nitrogens with zero attached hydrogens (tertiary/aromatic N) is 2. The summed E-state index contributed by atoms with van der Waals surface area (Å²) in [6, 6.07) is 0. The summed E-state index contributed by atoms with van der Waals surface area (Å²) in [6.45, 7) is 1.46. The van der Waals surface area contributed by atoms with Gasteiger partial charge in [-0.3, -0.25) is 4.79 Å². The number of hydrogen-bond acceptors (Lipinski definition) is 5. The van der Waals surface area contributed by atoms with Crippen LogP contribution in [0.15, 0.2) is 4.63 Å². The molecule has 0 aliphatic carbocycles. The molecule has 1 aromatic rings. The van der Waals surface area contributed by atoms with Crippen LogP contribution in [0.3, 0.4) is 0 Å². The average molecular weight is 157 g/mol. The molecule has 1 rings (SSSR count). The first-order valence-corrected chi connectivity index (χ1v) is 2.93. The third kappa shape index (κ3) is 1.28. The monoisotopic (exact) mass is 157 g/mol. The fourth-order valence-electron chi connectivity index (χ4n) is 0.620. The van der Waals surface area contributed by atoms with Gasteiger partial charge in [0.1, 0.15) is 11.6 Å². The predicted molar refractivity (Wildman–Crippen MR) is 34.8 cm³/mol.